The van der Waals surface area contributed by atoms with Crippen molar-refractivity contribution >= 4 is 5.91 Å². The number of aromatic nitrogens is 3. The average molecular weight is 307 g/mol. The van der Waals surface area contributed by atoms with E-state index in [0.29, 0.717) is 18.0 Å². The number of nitrogens with two attached hydrogens (primary N) is 1. The fourth-order valence-corrected chi connectivity index (χ4v) is 2.78. The average Bonchev–Trinajstić information content (AvgIpc) is 3.13. The molecule has 1 aliphatic heterocycles. The molecule has 0 radical (unpaired) electrons. The van der Waals surface area contributed by atoms with Gasteiger partial charge < -0.3 is 10.3 Å². The highest BCUT2D eigenvalue weighted by Crippen LogP contribution is 2.26. The Hall–Kier alpha value is -2.22. The minimum Gasteiger partial charge on any atom is -0.368 e. The summed E-state index contributed by atoms with van der Waals surface area (Å²) in [6.07, 6.45) is 0.815. The van der Waals surface area contributed by atoms with Crippen LogP contribution < -0.4 is 5.73 Å². The molecule has 118 valence electrons. The molecular formula is C14H18FN5O2. The Labute approximate surface area is 126 Å². The van der Waals surface area contributed by atoms with E-state index in [-0.39, 0.29) is 13.0 Å². The van der Waals surface area contributed by atoms with Crippen LogP contribution in [0.1, 0.15) is 17.9 Å². The van der Waals surface area contributed by atoms with Crippen LogP contribution in [0.2, 0.25) is 0 Å². The number of likely N-dealkylation sites (tertiary alicyclic amines) is 1. The van der Waals surface area contributed by atoms with Gasteiger partial charge in [0.05, 0.1) is 18.8 Å². The molecule has 2 atom stereocenters. The van der Waals surface area contributed by atoms with Crippen LogP contribution in [-0.2, 0) is 18.4 Å². The molecular weight excluding hydrogens is 289 g/mol. The first-order chi connectivity index (χ1) is 10.5. The molecule has 3 rings (SSSR count). The molecule has 1 amide bonds. The number of hydrogen-bond donors (Lipinski definition) is 1. The minimum atomic E-state index is -1.04. The van der Waals surface area contributed by atoms with Gasteiger partial charge in [-0.2, -0.15) is 5.10 Å². The number of hydrogen-bond acceptors (Lipinski definition) is 5. The molecule has 3 heterocycles. The van der Waals surface area contributed by atoms with Crippen LogP contribution in [0.25, 0.3) is 11.3 Å². The van der Waals surface area contributed by atoms with Gasteiger partial charge in [0.15, 0.2) is 5.76 Å². The maximum absolute atomic E-state index is 13.5. The fraction of sp³-hybridized carbons (Fsp3) is 0.500. The largest absolute Gasteiger partial charge is 0.368 e. The predicted octanol–water partition coefficient (Wildman–Crippen LogP) is 0.781. The summed E-state index contributed by atoms with van der Waals surface area (Å²) in [5, 5.41) is 8.19. The van der Waals surface area contributed by atoms with E-state index < -0.39 is 18.1 Å². The van der Waals surface area contributed by atoms with E-state index in [9.17, 15) is 9.18 Å². The third kappa shape index (κ3) is 2.61. The van der Waals surface area contributed by atoms with Gasteiger partial charge in [-0.3, -0.25) is 14.4 Å². The molecule has 2 N–H and O–H groups in total. The summed E-state index contributed by atoms with van der Waals surface area (Å²) < 4.78 is 20.6. The highest BCUT2D eigenvalue weighted by atomic mass is 19.1. The molecule has 1 saturated heterocycles. The van der Waals surface area contributed by atoms with E-state index in [1.165, 1.54) is 0 Å². The molecule has 7 nitrogen and oxygen atoms in total. The molecule has 0 saturated carbocycles. The lowest BCUT2D eigenvalue weighted by atomic mass is 10.2. The van der Waals surface area contributed by atoms with Crippen LogP contribution in [0.15, 0.2) is 16.8 Å². The molecule has 1 aliphatic rings. The van der Waals surface area contributed by atoms with E-state index in [1.807, 2.05) is 14.0 Å². The molecule has 1 fully saturated rings. The van der Waals surface area contributed by atoms with Crippen molar-refractivity contribution in [3.63, 3.8) is 0 Å². The zero-order chi connectivity index (χ0) is 15.9. The van der Waals surface area contributed by atoms with Crippen molar-refractivity contribution in [3.8, 4) is 11.3 Å². The summed E-state index contributed by atoms with van der Waals surface area (Å²) in [6.45, 7) is 2.42. The third-order valence-corrected chi connectivity index (χ3v) is 4.11. The number of aryl methyl sites for hydroxylation is 1. The molecule has 8 heteroatoms. The Kier molecular flexibility index (Phi) is 3.69. The molecule has 2 aromatic heterocycles. The van der Waals surface area contributed by atoms with E-state index in [0.717, 1.165) is 11.3 Å². The lowest BCUT2D eigenvalue weighted by molar-refractivity contribution is -0.122. The first-order valence-electron chi connectivity index (χ1n) is 7.07. The molecule has 2 aromatic rings. The summed E-state index contributed by atoms with van der Waals surface area (Å²) in [7, 11) is 1.85. The number of primary amides is 1. The zero-order valence-electron chi connectivity index (χ0n) is 12.5. The second kappa shape index (κ2) is 5.53. The van der Waals surface area contributed by atoms with Crippen LogP contribution in [0.3, 0.4) is 0 Å². The highest BCUT2D eigenvalue weighted by Gasteiger charge is 2.36. The Morgan fingerprint density at radius 3 is 3.00 bits per heavy atom. The number of rotatable bonds is 4. The van der Waals surface area contributed by atoms with E-state index in [4.69, 9.17) is 10.3 Å². The van der Waals surface area contributed by atoms with Crippen LogP contribution in [0.4, 0.5) is 4.39 Å². The predicted molar refractivity (Wildman–Crippen MR) is 76.3 cm³/mol. The van der Waals surface area contributed by atoms with Gasteiger partial charge in [-0.1, -0.05) is 5.16 Å². The van der Waals surface area contributed by atoms with Crippen LogP contribution in [0.5, 0.6) is 0 Å². The first kappa shape index (κ1) is 14.7. The maximum Gasteiger partial charge on any atom is 0.234 e. The van der Waals surface area contributed by atoms with Gasteiger partial charge in [0, 0.05) is 37.3 Å². The standard InChI is InChI=1S/C14H18FN5O2/c1-8-11(5-17-19(8)2)12-4-10(22-18-12)7-20-6-9(15)3-13(20)14(16)21/h4-5,9,13H,3,6-7H2,1-2H3,(H2,16,21)/t9-,13+/m1/s1. The van der Waals surface area contributed by atoms with Gasteiger partial charge in [-0.05, 0) is 6.92 Å². The molecule has 0 aromatic carbocycles. The van der Waals surface area contributed by atoms with Crippen molar-refractivity contribution in [3.05, 3.63) is 23.7 Å². The second-order valence-electron chi connectivity index (χ2n) is 5.63. The third-order valence-electron chi connectivity index (χ3n) is 4.11. The summed E-state index contributed by atoms with van der Waals surface area (Å²) >= 11 is 0. The minimum absolute atomic E-state index is 0.137. The van der Waals surface area contributed by atoms with Crippen molar-refractivity contribution in [2.45, 2.75) is 32.1 Å². The topological polar surface area (TPSA) is 90.2 Å². The summed E-state index contributed by atoms with van der Waals surface area (Å²) in [6, 6.07) is 1.19. The Morgan fingerprint density at radius 2 is 2.36 bits per heavy atom. The number of amides is 1. The summed E-state index contributed by atoms with van der Waals surface area (Å²) in [4.78, 5) is 13.1. The Morgan fingerprint density at radius 1 is 1.59 bits per heavy atom. The molecule has 0 bridgehead atoms. The van der Waals surface area contributed by atoms with Crippen LogP contribution >= 0.6 is 0 Å². The van der Waals surface area contributed by atoms with Gasteiger partial charge in [0.1, 0.15) is 11.9 Å². The molecule has 0 aliphatic carbocycles. The highest BCUT2D eigenvalue weighted by molar-refractivity contribution is 5.80. The van der Waals surface area contributed by atoms with Crippen molar-refractivity contribution < 1.29 is 13.7 Å². The fourth-order valence-electron chi connectivity index (χ4n) is 2.78. The Bertz CT molecular complexity index is 695. The van der Waals surface area contributed by atoms with E-state index in [2.05, 4.69) is 10.3 Å². The molecule has 0 spiro atoms. The van der Waals surface area contributed by atoms with Gasteiger partial charge >= 0.3 is 0 Å². The zero-order valence-corrected chi connectivity index (χ0v) is 12.5. The van der Waals surface area contributed by atoms with Gasteiger partial charge in [0.25, 0.3) is 0 Å². The first-order valence-corrected chi connectivity index (χ1v) is 7.07. The van der Waals surface area contributed by atoms with E-state index >= 15 is 0 Å². The number of carbonyl (C=O) groups is 1. The van der Waals surface area contributed by atoms with Gasteiger partial charge in [-0.25, -0.2) is 4.39 Å². The van der Waals surface area contributed by atoms with Gasteiger partial charge in [0.2, 0.25) is 5.91 Å². The number of nitrogens with zero attached hydrogens (tertiary/aromatic N) is 4. The van der Waals surface area contributed by atoms with Crippen LogP contribution in [0, 0.1) is 6.92 Å². The van der Waals surface area contributed by atoms with Crippen molar-refractivity contribution in [1.29, 1.82) is 0 Å². The summed E-state index contributed by atoms with van der Waals surface area (Å²) in [5.41, 5.74) is 7.85. The SMILES string of the molecule is Cc1c(-c2cc(CN3C[C@H](F)C[C@H]3C(N)=O)on2)cnn1C. The summed E-state index contributed by atoms with van der Waals surface area (Å²) in [5.74, 6) is 0.0570. The van der Waals surface area contributed by atoms with Crippen molar-refractivity contribution in [2.24, 2.45) is 12.8 Å². The number of halogens is 1. The maximum atomic E-state index is 13.5. The van der Waals surface area contributed by atoms with Crippen molar-refractivity contribution in [1.82, 2.24) is 19.8 Å². The monoisotopic (exact) mass is 307 g/mol. The molecule has 0 unspecified atom stereocenters. The lowest BCUT2D eigenvalue weighted by Crippen LogP contribution is -2.39. The lowest BCUT2D eigenvalue weighted by Gasteiger charge is -2.19. The Balaban J connectivity index is 1.77. The quantitative estimate of drug-likeness (QED) is 0.901. The number of carbonyl (C=O) groups excluding carboxylic acids is 1. The normalized spacial score (nSPS) is 22.3. The van der Waals surface area contributed by atoms with Crippen LogP contribution in [-0.4, -0.2) is 44.5 Å². The van der Waals surface area contributed by atoms with E-state index in [1.54, 1.807) is 21.8 Å². The van der Waals surface area contributed by atoms with Crippen molar-refractivity contribution in [2.75, 3.05) is 6.54 Å². The smallest absolute Gasteiger partial charge is 0.234 e. The second-order valence-corrected chi connectivity index (χ2v) is 5.63. The number of alkyl halides is 1. The molecule has 22 heavy (non-hydrogen) atoms. The van der Waals surface area contributed by atoms with Gasteiger partial charge in [-0.15, -0.1) is 0 Å².